The number of hydrogen-bond donors (Lipinski definition) is 0. The van der Waals surface area contributed by atoms with Gasteiger partial charge in [-0.1, -0.05) is 42.5 Å². The van der Waals surface area contributed by atoms with Gasteiger partial charge in [0.1, 0.15) is 5.75 Å². The summed E-state index contributed by atoms with van der Waals surface area (Å²) in [5, 5.41) is -3.98. The van der Waals surface area contributed by atoms with Crippen LogP contribution in [0.3, 0.4) is 0 Å². The normalized spacial score (nSPS) is 21.3. The van der Waals surface area contributed by atoms with Gasteiger partial charge in [0, 0.05) is 18.4 Å². The molecule has 1 aliphatic rings. The molecule has 0 spiro atoms. The number of halogens is 2. The quantitative estimate of drug-likeness (QED) is 0.733. The highest BCUT2D eigenvalue weighted by Gasteiger charge is 2.42. The van der Waals surface area contributed by atoms with Crippen LogP contribution in [-0.4, -0.2) is 26.9 Å². The maximum Gasteiger partial charge on any atom is 0.377 e. The Morgan fingerprint density at radius 2 is 1.54 bits per heavy atom. The minimum absolute atomic E-state index is 0.131. The second-order valence-electron chi connectivity index (χ2n) is 6.02. The lowest BCUT2D eigenvalue weighted by molar-refractivity contribution is -0.191. The van der Waals surface area contributed by atoms with Crippen LogP contribution in [0, 0.1) is 0 Å². The standard InChI is InChI=1S/C18H18F2O5S/c1-18(19,20)26(21,22)25-16-9-7-14(8-10-16)17-23-11-15(12-24-17)13-5-3-2-4-6-13/h2-10,15,17H,11-12H2,1H3. The van der Waals surface area contributed by atoms with Crippen molar-refractivity contribution in [3.8, 4) is 5.75 Å². The summed E-state index contributed by atoms with van der Waals surface area (Å²) in [4.78, 5) is 0. The van der Waals surface area contributed by atoms with Crippen molar-refractivity contribution in [1.29, 1.82) is 0 Å². The van der Waals surface area contributed by atoms with E-state index in [-0.39, 0.29) is 18.6 Å². The molecule has 0 bridgehead atoms. The first-order valence-corrected chi connectivity index (χ1v) is 9.37. The van der Waals surface area contributed by atoms with E-state index in [1.807, 2.05) is 30.3 Å². The van der Waals surface area contributed by atoms with Crippen LogP contribution in [0.1, 0.15) is 30.3 Å². The third-order valence-corrected chi connectivity index (χ3v) is 5.26. The van der Waals surface area contributed by atoms with Gasteiger partial charge in [0.2, 0.25) is 0 Å². The predicted octanol–water partition coefficient (Wildman–Crippen LogP) is 3.84. The Kier molecular flexibility index (Phi) is 5.27. The average molecular weight is 384 g/mol. The monoisotopic (exact) mass is 384 g/mol. The van der Waals surface area contributed by atoms with Crippen molar-refractivity contribution in [1.82, 2.24) is 0 Å². The van der Waals surface area contributed by atoms with Crippen LogP contribution in [0.15, 0.2) is 54.6 Å². The molecule has 140 valence electrons. The highest BCUT2D eigenvalue weighted by Crippen LogP contribution is 2.31. The molecule has 0 amide bonds. The average Bonchev–Trinajstić information content (AvgIpc) is 2.62. The summed E-state index contributed by atoms with van der Waals surface area (Å²) in [6.07, 6.45) is -0.603. The molecule has 0 N–H and O–H groups in total. The molecule has 1 fully saturated rings. The van der Waals surface area contributed by atoms with E-state index in [9.17, 15) is 17.2 Å². The van der Waals surface area contributed by atoms with Crippen LogP contribution in [0.5, 0.6) is 5.75 Å². The van der Waals surface area contributed by atoms with Gasteiger partial charge in [-0.3, -0.25) is 0 Å². The fraction of sp³-hybridized carbons (Fsp3) is 0.333. The Labute approximate surface area is 150 Å². The van der Waals surface area contributed by atoms with Crippen LogP contribution in [-0.2, 0) is 19.6 Å². The van der Waals surface area contributed by atoms with Crippen molar-refractivity contribution in [2.75, 3.05) is 13.2 Å². The molecular formula is C18H18F2O5S. The van der Waals surface area contributed by atoms with Crippen LogP contribution >= 0.6 is 0 Å². The van der Waals surface area contributed by atoms with E-state index in [4.69, 9.17) is 9.47 Å². The molecule has 5 nitrogen and oxygen atoms in total. The molecule has 0 unspecified atom stereocenters. The van der Waals surface area contributed by atoms with Gasteiger partial charge in [0.15, 0.2) is 6.29 Å². The van der Waals surface area contributed by atoms with Gasteiger partial charge in [-0.15, -0.1) is 0 Å². The summed E-state index contributed by atoms with van der Waals surface area (Å²) in [7, 11) is -5.02. The molecule has 1 aliphatic heterocycles. The second-order valence-corrected chi connectivity index (χ2v) is 7.81. The van der Waals surface area contributed by atoms with Gasteiger partial charge in [0.25, 0.3) is 0 Å². The predicted molar refractivity (Wildman–Crippen MR) is 90.4 cm³/mol. The van der Waals surface area contributed by atoms with Gasteiger partial charge < -0.3 is 13.7 Å². The molecule has 8 heteroatoms. The van der Waals surface area contributed by atoms with Crippen molar-refractivity contribution >= 4 is 10.1 Å². The third kappa shape index (κ3) is 4.20. The first-order chi connectivity index (χ1) is 12.3. The number of rotatable bonds is 5. The Bertz CT molecular complexity index is 824. The zero-order valence-corrected chi connectivity index (χ0v) is 14.8. The number of ether oxygens (including phenoxy) is 2. The molecule has 1 saturated heterocycles. The molecule has 2 aromatic carbocycles. The third-order valence-electron chi connectivity index (χ3n) is 3.97. The van der Waals surface area contributed by atoms with E-state index in [1.165, 1.54) is 24.3 Å². The molecular weight excluding hydrogens is 366 g/mol. The Morgan fingerprint density at radius 1 is 0.962 bits per heavy atom. The Balaban J connectivity index is 1.62. The summed E-state index contributed by atoms with van der Waals surface area (Å²) in [6.45, 7) is 1.22. The smallest absolute Gasteiger partial charge is 0.377 e. The lowest BCUT2D eigenvalue weighted by Gasteiger charge is -2.30. The zero-order valence-electron chi connectivity index (χ0n) is 14.0. The molecule has 0 saturated carbocycles. The van der Waals surface area contributed by atoms with Crippen molar-refractivity contribution in [2.24, 2.45) is 0 Å². The SMILES string of the molecule is CC(F)(F)S(=O)(=O)Oc1ccc(C2OCC(c3ccccc3)CO2)cc1. The lowest BCUT2D eigenvalue weighted by Crippen LogP contribution is -2.29. The summed E-state index contributed by atoms with van der Waals surface area (Å²) >= 11 is 0. The largest absolute Gasteiger partial charge is 0.378 e. The van der Waals surface area contributed by atoms with Gasteiger partial charge in [-0.05, 0) is 17.7 Å². The van der Waals surface area contributed by atoms with Crippen molar-refractivity contribution in [3.05, 3.63) is 65.7 Å². The van der Waals surface area contributed by atoms with Crippen molar-refractivity contribution in [2.45, 2.75) is 24.4 Å². The topological polar surface area (TPSA) is 61.8 Å². The second kappa shape index (κ2) is 7.30. The number of benzene rings is 2. The van der Waals surface area contributed by atoms with E-state index in [1.54, 1.807) is 0 Å². The van der Waals surface area contributed by atoms with Crippen LogP contribution in [0.4, 0.5) is 8.78 Å². The molecule has 0 atom stereocenters. The van der Waals surface area contributed by atoms with Crippen molar-refractivity contribution in [3.63, 3.8) is 0 Å². The first kappa shape index (κ1) is 18.8. The van der Waals surface area contributed by atoms with Gasteiger partial charge in [0.05, 0.1) is 13.2 Å². The van der Waals surface area contributed by atoms with Crippen LogP contribution < -0.4 is 4.18 Å². The van der Waals surface area contributed by atoms with E-state index >= 15 is 0 Å². The molecule has 1 heterocycles. The summed E-state index contributed by atoms with van der Waals surface area (Å²) < 4.78 is 64.5. The molecule has 0 aromatic heterocycles. The molecule has 0 aliphatic carbocycles. The molecule has 0 radical (unpaired) electrons. The lowest BCUT2D eigenvalue weighted by atomic mass is 10.0. The minimum Gasteiger partial charge on any atom is -0.378 e. The Morgan fingerprint density at radius 3 is 2.08 bits per heavy atom. The van der Waals surface area contributed by atoms with E-state index in [0.717, 1.165) is 5.56 Å². The summed E-state index contributed by atoms with van der Waals surface area (Å²) in [5.74, 6) is -0.0692. The van der Waals surface area contributed by atoms with Gasteiger partial charge >= 0.3 is 15.4 Å². The Hall–Kier alpha value is -2.03. The maximum atomic E-state index is 13.0. The highest BCUT2D eigenvalue weighted by atomic mass is 32.2. The molecule has 3 rings (SSSR count). The minimum atomic E-state index is -5.02. The van der Waals surface area contributed by atoms with Gasteiger partial charge in [-0.25, -0.2) is 0 Å². The summed E-state index contributed by atoms with van der Waals surface area (Å²) in [6, 6.07) is 15.5. The van der Waals surface area contributed by atoms with Crippen molar-refractivity contribution < 1.29 is 30.9 Å². The first-order valence-electron chi connectivity index (χ1n) is 7.96. The van der Waals surface area contributed by atoms with Crippen LogP contribution in [0.25, 0.3) is 0 Å². The fourth-order valence-corrected chi connectivity index (χ4v) is 3.00. The van der Waals surface area contributed by atoms with Crippen LogP contribution in [0.2, 0.25) is 0 Å². The van der Waals surface area contributed by atoms with E-state index in [2.05, 4.69) is 4.18 Å². The number of hydrogen-bond acceptors (Lipinski definition) is 5. The zero-order chi connectivity index (χ0) is 18.8. The number of alkyl halides is 2. The molecule has 2 aromatic rings. The van der Waals surface area contributed by atoms with E-state index in [0.29, 0.717) is 18.8 Å². The fourth-order valence-electron chi connectivity index (χ4n) is 2.49. The van der Waals surface area contributed by atoms with Gasteiger partial charge in [-0.2, -0.15) is 17.2 Å². The highest BCUT2D eigenvalue weighted by molar-refractivity contribution is 7.88. The summed E-state index contributed by atoms with van der Waals surface area (Å²) in [5.41, 5.74) is 1.77. The molecule has 26 heavy (non-hydrogen) atoms. The van der Waals surface area contributed by atoms with E-state index < -0.39 is 21.7 Å². The maximum absolute atomic E-state index is 13.0.